The molecule has 2 amide bonds. The Labute approximate surface area is 221 Å². The molecule has 2 atom stereocenters. The molecular weight excluding hydrogens is 550 g/mol. The van der Waals surface area contributed by atoms with E-state index in [9.17, 15) is 29.1 Å². The predicted octanol–water partition coefficient (Wildman–Crippen LogP) is 0.203. The second-order valence-corrected chi connectivity index (χ2v) is 9.95. The van der Waals surface area contributed by atoms with Crippen LogP contribution >= 0.6 is 34.9 Å². The number of aromatic nitrogens is 1. The number of thiazole rings is 1. The van der Waals surface area contributed by atoms with Gasteiger partial charge in [-0.25, -0.2) is 19.4 Å². The molecule has 0 aromatic carbocycles. The van der Waals surface area contributed by atoms with E-state index < -0.39 is 53.5 Å². The van der Waals surface area contributed by atoms with Crippen LogP contribution in [0.4, 0.5) is 5.13 Å². The zero-order chi connectivity index (χ0) is 27.1. The van der Waals surface area contributed by atoms with Crippen molar-refractivity contribution in [2.75, 3.05) is 24.7 Å². The zero-order valence-corrected chi connectivity index (χ0v) is 21.1. The van der Waals surface area contributed by atoms with Crippen LogP contribution in [0.2, 0.25) is 0 Å². The Hall–Kier alpha value is -3.83. The van der Waals surface area contributed by atoms with Gasteiger partial charge in [0, 0.05) is 22.1 Å². The third-order valence-corrected chi connectivity index (χ3v) is 7.53. The topological polar surface area (TPSA) is 211 Å². The predicted molar refractivity (Wildman–Crippen MR) is 134 cm³/mol. The number of oxime groups is 1. The molecule has 3 heterocycles. The number of carbonyl (C=O) groups excluding carboxylic acids is 3. The van der Waals surface area contributed by atoms with Crippen LogP contribution in [-0.2, 0) is 33.5 Å². The molecule has 5 N–H and O–H groups in total. The average Bonchev–Trinajstić information content (AvgIpc) is 3.28. The summed E-state index contributed by atoms with van der Waals surface area (Å²) in [5, 5.41) is 26.6. The standard InChI is InChI=1S/C20H19N5O9S3/c1-2-4-33-12(28)3-5-35-10-8-36-18-14(17(30)25(18)15(10)19(31)32)23-16(29)13(24-34-6-11(26)27)9-7-37-20(21)22-9/h2-3,5,7,14,18H,1,4,6,8H2,(H2,21,22)(H,23,29)(H,26,27)(H,31,32)/b5-3-,24-13-/t14-,18+/m1/s1. The molecule has 0 aliphatic carbocycles. The molecule has 17 heteroatoms. The number of ether oxygens (including phenoxy) is 1. The number of β-lactam (4-membered cyclic amide) rings is 1. The second-order valence-electron chi connectivity index (χ2n) is 6.96. The lowest BCUT2D eigenvalue weighted by molar-refractivity contribution is -0.150. The first-order valence-corrected chi connectivity index (χ1v) is 12.9. The van der Waals surface area contributed by atoms with E-state index in [0.29, 0.717) is 4.91 Å². The highest BCUT2D eigenvalue weighted by atomic mass is 32.2. The van der Waals surface area contributed by atoms with Gasteiger partial charge in [0.05, 0.1) is 0 Å². The fourth-order valence-electron chi connectivity index (χ4n) is 3.00. The molecule has 14 nitrogen and oxygen atoms in total. The summed E-state index contributed by atoms with van der Waals surface area (Å²) >= 11 is 3.17. The van der Waals surface area contributed by atoms with Gasteiger partial charge >= 0.3 is 17.9 Å². The molecule has 2 aliphatic heterocycles. The lowest BCUT2D eigenvalue weighted by Gasteiger charge is -2.49. The summed E-state index contributed by atoms with van der Waals surface area (Å²) in [7, 11) is 0. The average molecular weight is 570 g/mol. The number of esters is 1. The number of rotatable bonds is 12. The molecule has 37 heavy (non-hydrogen) atoms. The van der Waals surface area contributed by atoms with Crippen molar-refractivity contribution in [2.24, 2.45) is 5.16 Å². The van der Waals surface area contributed by atoms with Crippen LogP contribution in [0.1, 0.15) is 5.69 Å². The van der Waals surface area contributed by atoms with E-state index in [2.05, 4.69) is 26.9 Å². The van der Waals surface area contributed by atoms with Gasteiger partial charge in [0.15, 0.2) is 10.8 Å². The Morgan fingerprint density at radius 2 is 2.14 bits per heavy atom. The fourth-order valence-corrected chi connectivity index (χ4v) is 5.86. The van der Waals surface area contributed by atoms with Gasteiger partial charge in [0.2, 0.25) is 6.61 Å². The Bertz CT molecular complexity index is 1230. The number of aliphatic carboxylic acids is 2. The monoisotopic (exact) mass is 569 g/mol. The molecule has 0 radical (unpaired) electrons. The van der Waals surface area contributed by atoms with E-state index >= 15 is 0 Å². The quantitative estimate of drug-likeness (QED) is 0.0663. The van der Waals surface area contributed by atoms with Crippen molar-refractivity contribution in [3.63, 3.8) is 0 Å². The Morgan fingerprint density at radius 1 is 1.38 bits per heavy atom. The molecule has 0 saturated carbocycles. The summed E-state index contributed by atoms with van der Waals surface area (Å²) in [5.41, 5.74) is 4.94. The van der Waals surface area contributed by atoms with Crippen LogP contribution in [0.25, 0.3) is 0 Å². The van der Waals surface area contributed by atoms with Crippen LogP contribution in [0.5, 0.6) is 0 Å². The van der Waals surface area contributed by atoms with Gasteiger partial charge in [0.1, 0.15) is 29.4 Å². The summed E-state index contributed by atoms with van der Waals surface area (Å²) in [4.78, 5) is 70.0. The minimum atomic E-state index is -1.35. The number of thioether (sulfide) groups is 2. The number of nitrogens with two attached hydrogens (primary N) is 1. The molecule has 0 unspecified atom stereocenters. The number of hydrogen-bond acceptors (Lipinski definition) is 13. The Kier molecular flexibility index (Phi) is 9.31. The van der Waals surface area contributed by atoms with Gasteiger partial charge in [-0.15, -0.1) is 23.1 Å². The van der Waals surface area contributed by atoms with Crippen molar-refractivity contribution in [2.45, 2.75) is 11.4 Å². The van der Waals surface area contributed by atoms with E-state index in [1.807, 2.05) is 0 Å². The third kappa shape index (κ3) is 6.69. The smallest absolute Gasteiger partial charge is 0.353 e. The third-order valence-electron chi connectivity index (χ3n) is 4.50. The number of anilines is 1. The summed E-state index contributed by atoms with van der Waals surface area (Å²) in [6.07, 6.45) is 2.52. The first-order valence-electron chi connectivity index (χ1n) is 10.1. The van der Waals surface area contributed by atoms with Crippen LogP contribution in [0, 0.1) is 0 Å². The molecule has 1 aromatic rings. The number of carboxylic acid groups (broad SMARTS) is 2. The summed E-state index contributed by atoms with van der Waals surface area (Å²) in [6, 6.07) is -1.09. The lowest BCUT2D eigenvalue weighted by Crippen LogP contribution is -2.71. The van der Waals surface area contributed by atoms with Crippen molar-refractivity contribution in [1.29, 1.82) is 0 Å². The second kappa shape index (κ2) is 12.4. The van der Waals surface area contributed by atoms with Crippen molar-refractivity contribution in [1.82, 2.24) is 15.2 Å². The van der Waals surface area contributed by atoms with Crippen LogP contribution in [0.15, 0.2) is 45.3 Å². The normalized spacial score (nSPS) is 19.2. The minimum Gasteiger partial charge on any atom is -0.479 e. The number of nitrogens with one attached hydrogen (secondary N) is 1. The zero-order valence-electron chi connectivity index (χ0n) is 18.7. The first-order chi connectivity index (χ1) is 17.6. The van der Waals surface area contributed by atoms with Gasteiger partial charge in [-0.2, -0.15) is 0 Å². The molecular formula is C20H19N5O9S3. The SMILES string of the molecule is C=CCOC(=O)/C=C\SC1=C(C(=O)O)N2C(=O)[C@@H](NC(=O)/C(=N\OCC(=O)O)c3csc(N)n3)[C@@H]2SC1. The molecule has 0 spiro atoms. The van der Waals surface area contributed by atoms with Crippen molar-refractivity contribution < 1.29 is 43.8 Å². The van der Waals surface area contributed by atoms with Crippen LogP contribution in [-0.4, -0.2) is 85.9 Å². The summed E-state index contributed by atoms with van der Waals surface area (Å²) < 4.78 is 4.80. The number of nitrogen functional groups attached to an aromatic ring is 1. The maximum absolute atomic E-state index is 12.9. The number of carbonyl (C=O) groups is 5. The number of hydrogen-bond donors (Lipinski definition) is 4. The fraction of sp³-hybridized carbons (Fsp3) is 0.250. The number of amides is 2. The molecule has 196 valence electrons. The maximum Gasteiger partial charge on any atom is 0.353 e. The molecule has 2 aliphatic rings. The van der Waals surface area contributed by atoms with Crippen molar-refractivity contribution >= 4 is 75.4 Å². The van der Waals surface area contributed by atoms with Gasteiger partial charge in [-0.1, -0.05) is 29.6 Å². The van der Waals surface area contributed by atoms with Crippen molar-refractivity contribution in [3.8, 4) is 0 Å². The van der Waals surface area contributed by atoms with Crippen molar-refractivity contribution in [3.05, 3.63) is 45.8 Å². The van der Waals surface area contributed by atoms with E-state index in [4.69, 9.17) is 15.6 Å². The molecule has 1 aromatic heterocycles. The van der Waals surface area contributed by atoms with E-state index in [-0.39, 0.29) is 28.9 Å². The highest BCUT2D eigenvalue weighted by Crippen LogP contribution is 2.43. The highest BCUT2D eigenvalue weighted by Gasteiger charge is 2.54. The van der Waals surface area contributed by atoms with E-state index in [1.54, 1.807) is 0 Å². The molecule has 1 saturated heterocycles. The van der Waals surface area contributed by atoms with Gasteiger partial charge < -0.3 is 30.8 Å². The van der Waals surface area contributed by atoms with E-state index in [1.165, 1.54) is 28.6 Å². The van der Waals surface area contributed by atoms with E-state index in [0.717, 1.165) is 34.1 Å². The summed E-state index contributed by atoms with van der Waals surface area (Å²) in [6.45, 7) is 2.63. The Balaban J connectivity index is 1.73. The molecule has 1 fully saturated rings. The van der Waals surface area contributed by atoms with Crippen LogP contribution < -0.4 is 11.1 Å². The maximum atomic E-state index is 12.9. The lowest BCUT2D eigenvalue weighted by atomic mass is 10.0. The largest absolute Gasteiger partial charge is 0.479 e. The van der Waals surface area contributed by atoms with Gasteiger partial charge in [0.25, 0.3) is 11.8 Å². The van der Waals surface area contributed by atoms with Gasteiger partial charge in [-0.3, -0.25) is 14.5 Å². The highest BCUT2D eigenvalue weighted by molar-refractivity contribution is 8.08. The number of carboxylic acids is 2. The Morgan fingerprint density at radius 3 is 2.76 bits per heavy atom. The minimum absolute atomic E-state index is 0.00789. The van der Waals surface area contributed by atoms with Crippen LogP contribution in [0.3, 0.4) is 0 Å². The molecule has 3 rings (SSSR count). The number of fused-ring (bicyclic) bond motifs is 1. The molecule has 0 bridgehead atoms. The van der Waals surface area contributed by atoms with Gasteiger partial charge in [-0.05, 0) is 5.41 Å². The first kappa shape index (κ1) is 27.8. The number of nitrogens with zero attached hydrogens (tertiary/aromatic N) is 3. The summed E-state index contributed by atoms with van der Waals surface area (Å²) in [5.74, 6) is -4.70.